The molecule has 0 radical (unpaired) electrons. The summed E-state index contributed by atoms with van der Waals surface area (Å²) in [7, 11) is 3.07. The van der Waals surface area contributed by atoms with E-state index in [1.54, 1.807) is 25.3 Å². The molecule has 3 atom stereocenters. The molecule has 3 N–H and O–H groups in total. The van der Waals surface area contributed by atoms with Gasteiger partial charge in [0.15, 0.2) is 11.5 Å². The van der Waals surface area contributed by atoms with Gasteiger partial charge in [-0.3, -0.25) is 15.0 Å². The van der Waals surface area contributed by atoms with Crippen LogP contribution in [-0.2, 0) is 9.59 Å². The first-order valence-corrected chi connectivity index (χ1v) is 10.3. The molecule has 1 fully saturated rings. The molecule has 0 spiro atoms. The fraction of sp³-hybridized carbons (Fsp3) is 0.200. The van der Waals surface area contributed by atoms with Crippen molar-refractivity contribution >= 4 is 17.5 Å². The van der Waals surface area contributed by atoms with Crippen LogP contribution in [0.3, 0.4) is 0 Å². The van der Waals surface area contributed by atoms with Gasteiger partial charge in [0.2, 0.25) is 11.8 Å². The zero-order valence-electron chi connectivity index (χ0n) is 17.9. The molecule has 3 aromatic carbocycles. The summed E-state index contributed by atoms with van der Waals surface area (Å²) < 4.78 is 10.6. The Morgan fingerprint density at radius 3 is 2.09 bits per heavy atom. The molecule has 0 bridgehead atoms. The largest absolute Gasteiger partial charge is 0.493 e. The number of anilines is 1. The minimum atomic E-state index is -0.947. The maximum atomic E-state index is 13.4. The van der Waals surface area contributed by atoms with Gasteiger partial charge in [0.1, 0.15) is 5.92 Å². The highest BCUT2D eigenvalue weighted by Crippen LogP contribution is 2.40. The Hall–Kier alpha value is -3.84. The number of nitrogens with one attached hydrogen (secondary N) is 3. The van der Waals surface area contributed by atoms with Crippen molar-refractivity contribution in [1.82, 2.24) is 10.9 Å². The van der Waals surface area contributed by atoms with Gasteiger partial charge in [-0.2, -0.15) is 0 Å². The van der Waals surface area contributed by atoms with E-state index in [0.717, 1.165) is 11.1 Å². The van der Waals surface area contributed by atoms with Crippen LogP contribution in [0.5, 0.6) is 11.5 Å². The number of hydrazine groups is 1. The van der Waals surface area contributed by atoms with E-state index in [0.29, 0.717) is 17.2 Å². The maximum Gasteiger partial charge on any atom is 0.247 e. The second-order valence-electron chi connectivity index (χ2n) is 7.50. The molecule has 2 amide bonds. The third-order valence-corrected chi connectivity index (χ3v) is 5.63. The average molecular weight is 431 g/mol. The van der Waals surface area contributed by atoms with Crippen molar-refractivity contribution in [3.63, 3.8) is 0 Å². The van der Waals surface area contributed by atoms with Crippen LogP contribution in [0.2, 0.25) is 0 Å². The standard InChI is InChI=1S/C25H25N3O4/c1-31-19-14-13-18(15-20(19)32-2)26-24(29)22-21(16-9-5-3-6-10-16)23(27-28-25(22)30)17-11-7-4-8-12-17/h3-15,21-23,27H,1-2H3,(H,26,29)(H,28,30). The van der Waals surface area contributed by atoms with E-state index in [2.05, 4.69) is 16.2 Å². The summed E-state index contributed by atoms with van der Waals surface area (Å²) in [5.41, 5.74) is 8.19. The Morgan fingerprint density at radius 2 is 1.47 bits per heavy atom. The molecule has 1 heterocycles. The van der Waals surface area contributed by atoms with Crippen LogP contribution in [-0.4, -0.2) is 26.0 Å². The van der Waals surface area contributed by atoms with E-state index < -0.39 is 17.7 Å². The first-order chi connectivity index (χ1) is 15.6. The van der Waals surface area contributed by atoms with E-state index in [1.807, 2.05) is 60.7 Å². The van der Waals surface area contributed by atoms with Crippen LogP contribution < -0.4 is 25.6 Å². The highest BCUT2D eigenvalue weighted by Gasteiger charge is 2.44. The van der Waals surface area contributed by atoms with Crippen LogP contribution in [0.25, 0.3) is 0 Å². The van der Waals surface area contributed by atoms with E-state index in [-0.39, 0.29) is 11.9 Å². The summed E-state index contributed by atoms with van der Waals surface area (Å²) >= 11 is 0. The van der Waals surface area contributed by atoms with Gasteiger partial charge in [0.05, 0.1) is 20.3 Å². The summed E-state index contributed by atoms with van der Waals surface area (Å²) in [6.45, 7) is 0. The lowest BCUT2D eigenvalue weighted by Gasteiger charge is -2.38. The van der Waals surface area contributed by atoms with E-state index in [4.69, 9.17) is 9.47 Å². The molecule has 0 aliphatic carbocycles. The van der Waals surface area contributed by atoms with E-state index in [1.165, 1.54) is 7.11 Å². The second kappa shape index (κ2) is 9.53. The highest BCUT2D eigenvalue weighted by atomic mass is 16.5. The Kier molecular flexibility index (Phi) is 6.37. The predicted octanol–water partition coefficient (Wildman–Crippen LogP) is 3.42. The minimum absolute atomic E-state index is 0.280. The van der Waals surface area contributed by atoms with Crippen LogP contribution in [0.15, 0.2) is 78.9 Å². The summed E-state index contributed by atoms with van der Waals surface area (Å²) in [6, 6.07) is 24.2. The van der Waals surface area contributed by atoms with Gasteiger partial charge in [-0.15, -0.1) is 0 Å². The van der Waals surface area contributed by atoms with Crippen molar-refractivity contribution < 1.29 is 19.1 Å². The molecule has 4 rings (SSSR count). The van der Waals surface area contributed by atoms with Gasteiger partial charge < -0.3 is 14.8 Å². The first-order valence-electron chi connectivity index (χ1n) is 10.3. The molecule has 1 saturated heterocycles. The summed E-state index contributed by atoms with van der Waals surface area (Å²) in [5, 5.41) is 2.88. The number of ether oxygens (including phenoxy) is 2. The van der Waals surface area contributed by atoms with Gasteiger partial charge in [0.25, 0.3) is 0 Å². The Morgan fingerprint density at radius 1 is 0.844 bits per heavy atom. The number of hydrogen-bond acceptors (Lipinski definition) is 5. The Bertz CT molecular complexity index is 1090. The Labute approximate surface area is 186 Å². The van der Waals surface area contributed by atoms with Crippen molar-refractivity contribution in [2.75, 3.05) is 19.5 Å². The normalized spacial score (nSPS) is 20.2. The van der Waals surface area contributed by atoms with Crippen LogP contribution in [0, 0.1) is 5.92 Å². The van der Waals surface area contributed by atoms with E-state index >= 15 is 0 Å². The van der Waals surface area contributed by atoms with Gasteiger partial charge >= 0.3 is 0 Å². The molecule has 0 saturated carbocycles. The number of carbonyl (C=O) groups is 2. The lowest BCUT2D eigenvalue weighted by atomic mass is 9.76. The zero-order valence-corrected chi connectivity index (χ0v) is 17.9. The Balaban J connectivity index is 1.69. The van der Waals surface area contributed by atoms with E-state index in [9.17, 15) is 9.59 Å². The fourth-order valence-electron chi connectivity index (χ4n) is 4.10. The topological polar surface area (TPSA) is 88.7 Å². The molecule has 1 aliphatic rings. The number of hydrogen-bond donors (Lipinski definition) is 3. The quantitative estimate of drug-likeness (QED) is 0.521. The number of rotatable bonds is 6. The molecule has 1 aliphatic heterocycles. The monoisotopic (exact) mass is 431 g/mol. The van der Waals surface area contributed by atoms with Crippen molar-refractivity contribution in [3.05, 3.63) is 90.0 Å². The van der Waals surface area contributed by atoms with Crippen molar-refractivity contribution in [2.45, 2.75) is 12.0 Å². The van der Waals surface area contributed by atoms with Crippen LogP contribution in [0.1, 0.15) is 23.1 Å². The fourth-order valence-corrected chi connectivity index (χ4v) is 4.10. The van der Waals surface area contributed by atoms with Crippen LogP contribution >= 0.6 is 0 Å². The second-order valence-corrected chi connectivity index (χ2v) is 7.50. The van der Waals surface area contributed by atoms with Crippen molar-refractivity contribution in [1.29, 1.82) is 0 Å². The lowest BCUT2D eigenvalue weighted by molar-refractivity contribution is -0.137. The molecular formula is C25H25N3O4. The van der Waals surface area contributed by atoms with Gasteiger partial charge in [-0.05, 0) is 23.3 Å². The SMILES string of the molecule is COc1ccc(NC(=O)C2C(=O)NNC(c3ccccc3)C2c2ccccc2)cc1OC. The first kappa shape index (κ1) is 21.4. The summed E-state index contributed by atoms with van der Waals surface area (Å²) in [4.78, 5) is 26.4. The highest BCUT2D eigenvalue weighted by molar-refractivity contribution is 6.07. The number of methoxy groups -OCH3 is 2. The maximum absolute atomic E-state index is 13.4. The molecular weight excluding hydrogens is 406 g/mol. The van der Waals surface area contributed by atoms with Gasteiger partial charge in [-0.25, -0.2) is 5.43 Å². The third-order valence-electron chi connectivity index (χ3n) is 5.63. The minimum Gasteiger partial charge on any atom is -0.493 e. The molecule has 32 heavy (non-hydrogen) atoms. The third kappa shape index (κ3) is 4.29. The number of amides is 2. The van der Waals surface area contributed by atoms with Crippen LogP contribution in [0.4, 0.5) is 5.69 Å². The van der Waals surface area contributed by atoms with Crippen molar-refractivity contribution in [3.8, 4) is 11.5 Å². The average Bonchev–Trinajstić information content (AvgIpc) is 2.84. The predicted molar refractivity (Wildman–Crippen MR) is 121 cm³/mol. The molecule has 0 aromatic heterocycles. The van der Waals surface area contributed by atoms with Crippen molar-refractivity contribution in [2.24, 2.45) is 5.92 Å². The summed E-state index contributed by atoms with van der Waals surface area (Å²) in [5.74, 6) is -1.10. The number of benzene rings is 3. The zero-order chi connectivity index (χ0) is 22.5. The van der Waals surface area contributed by atoms with Gasteiger partial charge in [-0.1, -0.05) is 60.7 Å². The number of carbonyl (C=O) groups excluding carboxylic acids is 2. The molecule has 3 unspecified atom stereocenters. The molecule has 7 nitrogen and oxygen atoms in total. The smallest absolute Gasteiger partial charge is 0.247 e. The lowest BCUT2D eigenvalue weighted by Crippen LogP contribution is -2.56. The summed E-state index contributed by atoms with van der Waals surface area (Å²) in [6.07, 6.45) is 0. The molecule has 7 heteroatoms. The van der Waals surface area contributed by atoms with Gasteiger partial charge in [0, 0.05) is 17.7 Å². The molecule has 164 valence electrons. The molecule has 3 aromatic rings.